The zero-order chi connectivity index (χ0) is 13.4. The van der Waals surface area contributed by atoms with E-state index in [1.54, 1.807) is 11.9 Å². The van der Waals surface area contributed by atoms with Crippen molar-refractivity contribution in [1.29, 1.82) is 0 Å². The predicted molar refractivity (Wildman–Crippen MR) is 73.3 cm³/mol. The molecule has 18 heavy (non-hydrogen) atoms. The highest BCUT2D eigenvalue weighted by Gasteiger charge is 2.23. The summed E-state index contributed by atoms with van der Waals surface area (Å²) in [5.74, 6) is 1.59. The van der Waals surface area contributed by atoms with Crippen molar-refractivity contribution in [2.24, 2.45) is 11.8 Å². The predicted octanol–water partition coefficient (Wildman–Crippen LogP) is 1.24. The number of amides is 1. The molecule has 4 heteroatoms. The maximum Gasteiger partial charge on any atom is 0.222 e. The number of rotatable bonds is 7. The second-order valence-electron chi connectivity index (χ2n) is 5.52. The van der Waals surface area contributed by atoms with Gasteiger partial charge in [-0.05, 0) is 44.7 Å². The molecule has 1 saturated carbocycles. The summed E-state index contributed by atoms with van der Waals surface area (Å²) < 4.78 is 0. The second kappa shape index (κ2) is 8.48. The van der Waals surface area contributed by atoms with Crippen LogP contribution in [0.25, 0.3) is 0 Å². The number of carbonyl (C=O) groups is 1. The number of likely N-dealkylation sites (N-methyl/N-ethyl adjacent to an activating group) is 1. The molecular weight excluding hydrogens is 228 g/mol. The number of aliphatic hydroxyl groups is 1. The first-order valence-electron chi connectivity index (χ1n) is 7.16. The van der Waals surface area contributed by atoms with Gasteiger partial charge in [0, 0.05) is 20.0 Å². The van der Waals surface area contributed by atoms with Gasteiger partial charge in [0.25, 0.3) is 0 Å². The average molecular weight is 256 g/mol. The SMILES string of the molecule is CNCCC1CCC(CC(=O)N(C)CCO)CC1. The third-order valence-corrected chi connectivity index (χ3v) is 4.09. The number of carbonyl (C=O) groups excluding carboxylic acids is 1. The molecule has 0 atom stereocenters. The van der Waals surface area contributed by atoms with Crippen LogP contribution in [-0.4, -0.2) is 49.7 Å². The Bertz CT molecular complexity index is 238. The molecule has 0 aromatic rings. The minimum absolute atomic E-state index is 0.0546. The van der Waals surface area contributed by atoms with Gasteiger partial charge >= 0.3 is 0 Å². The summed E-state index contributed by atoms with van der Waals surface area (Å²) in [6.45, 7) is 1.61. The first kappa shape index (κ1) is 15.4. The highest BCUT2D eigenvalue weighted by Crippen LogP contribution is 2.32. The summed E-state index contributed by atoms with van der Waals surface area (Å²) in [5.41, 5.74) is 0. The molecule has 0 aromatic heterocycles. The molecule has 0 saturated heterocycles. The van der Waals surface area contributed by atoms with Crippen LogP contribution < -0.4 is 5.32 Å². The molecule has 0 bridgehead atoms. The van der Waals surface area contributed by atoms with Crippen molar-refractivity contribution in [1.82, 2.24) is 10.2 Å². The minimum atomic E-state index is 0.0546. The second-order valence-corrected chi connectivity index (χ2v) is 5.52. The molecule has 0 aliphatic heterocycles. The Kier molecular flexibility index (Phi) is 7.28. The highest BCUT2D eigenvalue weighted by molar-refractivity contribution is 5.76. The van der Waals surface area contributed by atoms with E-state index in [1.165, 1.54) is 32.1 Å². The van der Waals surface area contributed by atoms with Crippen molar-refractivity contribution in [3.8, 4) is 0 Å². The topological polar surface area (TPSA) is 52.6 Å². The lowest BCUT2D eigenvalue weighted by molar-refractivity contribution is -0.131. The summed E-state index contributed by atoms with van der Waals surface area (Å²) in [7, 11) is 3.78. The van der Waals surface area contributed by atoms with Gasteiger partial charge in [-0.3, -0.25) is 4.79 Å². The molecule has 0 heterocycles. The van der Waals surface area contributed by atoms with E-state index in [2.05, 4.69) is 5.32 Å². The summed E-state index contributed by atoms with van der Waals surface area (Å²) in [6, 6.07) is 0. The van der Waals surface area contributed by atoms with E-state index in [9.17, 15) is 4.79 Å². The van der Waals surface area contributed by atoms with Crippen LogP contribution >= 0.6 is 0 Å². The van der Waals surface area contributed by atoms with Crippen LogP contribution in [0.1, 0.15) is 38.5 Å². The van der Waals surface area contributed by atoms with Crippen molar-refractivity contribution in [3.05, 3.63) is 0 Å². The monoisotopic (exact) mass is 256 g/mol. The fourth-order valence-electron chi connectivity index (χ4n) is 2.75. The third kappa shape index (κ3) is 5.36. The first-order chi connectivity index (χ1) is 8.67. The molecule has 106 valence electrons. The fourth-order valence-corrected chi connectivity index (χ4v) is 2.75. The number of nitrogens with zero attached hydrogens (tertiary/aromatic N) is 1. The van der Waals surface area contributed by atoms with Crippen molar-refractivity contribution in [3.63, 3.8) is 0 Å². The number of hydrogen-bond acceptors (Lipinski definition) is 3. The van der Waals surface area contributed by atoms with Crippen LogP contribution in [0.2, 0.25) is 0 Å². The van der Waals surface area contributed by atoms with E-state index < -0.39 is 0 Å². The van der Waals surface area contributed by atoms with Gasteiger partial charge in [0.05, 0.1) is 6.61 Å². The zero-order valence-electron chi connectivity index (χ0n) is 11.8. The smallest absolute Gasteiger partial charge is 0.222 e. The fraction of sp³-hybridized carbons (Fsp3) is 0.929. The van der Waals surface area contributed by atoms with Gasteiger partial charge in [-0.2, -0.15) is 0 Å². The van der Waals surface area contributed by atoms with Crippen molar-refractivity contribution in [2.75, 3.05) is 33.8 Å². The largest absolute Gasteiger partial charge is 0.395 e. The summed E-state index contributed by atoms with van der Waals surface area (Å²) in [4.78, 5) is 13.5. The van der Waals surface area contributed by atoms with Crippen LogP contribution in [0.3, 0.4) is 0 Å². The maximum atomic E-state index is 11.9. The van der Waals surface area contributed by atoms with Gasteiger partial charge in [0.2, 0.25) is 5.91 Å². The molecule has 0 radical (unpaired) electrons. The molecule has 2 N–H and O–H groups in total. The van der Waals surface area contributed by atoms with Crippen LogP contribution in [-0.2, 0) is 4.79 Å². The van der Waals surface area contributed by atoms with Gasteiger partial charge in [0.15, 0.2) is 0 Å². The van der Waals surface area contributed by atoms with Crippen molar-refractivity contribution < 1.29 is 9.90 Å². The van der Waals surface area contributed by atoms with Crippen molar-refractivity contribution >= 4 is 5.91 Å². The number of hydrogen-bond donors (Lipinski definition) is 2. The van der Waals surface area contributed by atoms with Gasteiger partial charge in [0.1, 0.15) is 0 Å². The van der Waals surface area contributed by atoms with Gasteiger partial charge in [-0.25, -0.2) is 0 Å². The molecule has 1 amide bonds. The van der Waals surface area contributed by atoms with Crippen LogP contribution in [0.4, 0.5) is 0 Å². The first-order valence-corrected chi connectivity index (χ1v) is 7.16. The third-order valence-electron chi connectivity index (χ3n) is 4.09. The molecule has 0 aromatic carbocycles. The summed E-state index contributed by atoms with van der Waals surface area (Å²) in [6.07, 6.45) is 6.84. The highest BCUT2D eigenvalue weighted by atomic mass is 16.3. The van der Waals surface area contributed by atoms with E-state index in [4.69, 9.17) is 5.11 Å². The molecule has 1 rings (SSSR count). The van der Waals surface area contributed by atoms with E-state index in [1.807, 2.05) is 7.05 Å². The van der Waals surface area contributed by atoms with E-state index in [0.717, 1.165) is 12.5 Å². The lowest BCUT2D eigenvalue weighted by Crippen LogP contribution is -2.31. The average Bonchev–Trinajstić information content (AvgIpc) is 2.38. The molecule has 1 aliphatic rings. The molecule has 1 aliphatic carbocycles. The molecule has 0 spiro atoms. The Morgan fingerprint density at radius 2 is 1.89 bits per heavy atom. The molecule has 1 fully saturated rings. The molecule has 4 nitrogen and oxygen atoms in total. The van der Waals surface area contributed by atoms with Crippen LogP contribution in [0.5, 0.6) is 0 Å². The molecule has 0 unspecified atom stereocenters. The van der Waals surface area contributed by atoms with Crippen molar-refractivity contribution in [2.45, 2.75) is 38.5 Å². The Morgan fingerprint density at radius 3 is 2.44 bits per heavy atom. The molecular formula is C14H28N2O2. The Balaban J connectivity index is 2.20. The Labute approximate surface area is 111 Å². The summed E-state index contributed by atoms with van der Waals surface area (Å²) in [5, 5.41) is 12.0. The Morgan fingerprint density at radius 1 is 1.28 bits per heavy atom. The normalized spacial score (nSPS) is 23.9. The van der Waals surface area contributed by atoms with Crippen LogP contribution in [0, 0.1) is 11.8 Å². The zero-order valence-corrected chi connectivity index (χ0v) is 11.8. The standard InChI is InChI=1S/C14H28N2O2/c1-15-8-7-12-3-5-13(6-4-12)11-14(18)16(2)9-10-17/h12-13,15,17H,3-11H2,1-2H3. The number of nitrogens with one attached hydrogen (secondary N) is 1. The summed E-state index contributed by atoms with van der Waals surface area (Å²) >= 11 is 0. The quantitative estimate of drug-likeness (QED) is 0.720. The van der Waals surface area contributed by atoms with Gasteiger partial charge < -0.3 is 15.3 Å². The van der Waals surface area contributed by atoms with E-state index in [-0.39, 0.29) is 12.5 Å². The van der Waals surface area contributed by atoms with E-state index in [0.29, 0.717) is 18.9 Å². The van der Waals surface area contributed by atoms with Gasteiger partial charge in [-0.15, -0.1) is 0 Å². The van der Waals surface area contributed by atoms with E-state index >= 15 is 0 Å². The lowest BCUT2D eigenvalue weighted by atomic mass is 9.79. The Hall–Kier alpha value is -0.610. The van der Waals surface area contributed by atoms with Gasteiger partial charge in [-0.1, -0.05) is 12.8 Å². The lowest BCUT2D eigenvalue weighted by Gasteiger charge is -2.29. The number of aliphatic hydroxyl groups excluding tert-OH is 1. The maximum absolute atomic E-state index is 11.9. The van der Waals surface area contributed by atoms with Crippen LogP contribution in [0.15, 0.2) is 0 Å². The minimum Gasteiger partial charge on any atom is -0.395 e.